The van der Waals surface area contributed by atoms with Gasteiger partial charge in [0.05, 0.1) is 17.6 Å². The van der Waals surface area contributed by atoms with Crippen LogP contribution in [0.2, 0.25) is 0 Å². The zero-order valence-corrected chi connectivity index (χ0v) is 10.9. The number of aliphatic carboxylic acids is 1. The quantitative estimate of drug-likeness (QED) is 0.758. The number of benzene rings is 1. The minimum atomic E-state index is -0.842. The summed E-state index contributed by atoms with van der Waals surface area (Å²) in [6.45, 7) is 0.547. The number of carboxylic acids is 1. The van der Waals surface area contributed by atoms with E-state index in [0.717, 1.165) is 5.69 Å². The number of hydrogen-bond donors (Lipinski definition) is 3. The fraction of sp³-hybridized carbons (Fsp3) is 0.429. The first kappa shape index (κ1) is 12.8. The van der Waals surface area contributed by atoms with Crippen LogP contribution >= 0.6 is 0 Å². The van der Waals surface area contributed by atoms with Crippen LogP contribution in [-0.2, 0) is 9.59 Å². The minimum Gasteiger partial charge on any atom is -0.481 e. The van der Waals surface area contributed by atoms with Crippen molar-refractivity contribution in [3.8, 4) is 5.75 Å². The van der Waals surface area contributed by atoms with Gasteiger partial charge in [-0.2, -0.15) is 0 Å². The molecule has 3 N–H and O–H groups in total. The van der Waals surface area contributed by atoms with E-state index in [9.17, 15) is 9.59 Å². The van der Waals surface area contributed by atoms with Gasteiger partial charge in [-0.15, -0.1) is 0 Å². The average Bonchev–Trinajstić information content (AvgIpc) is 3.25. The Bertz CT molecular complexity index is 554. The second-order valence-corrected chi connectivity index (χ2v) is 5.29. The number of rotatable bonds is 4. The molecule has 1 fully saturated rings. The van der Waals surface area contributed by atoms with Crippen LogP contribution in [0.15, 0.2) is 24.3 Å². The van der Waals surface area contributed by atoms with E-state index in [1.54, 1.807) is 6.07 Å². The fourth-order valence-electron chi connectivity index (χ4n) is 2.25. The maximum Gasteiger partial charge on any atom is 0.311 e. The number of carbonyl (C=O) groups is 2. The Labute approximate surface area is 116 Å². The summed E-state index contributed by atoms with van der Waals surface area (Å²) in [7, 11) is 0. The summed E-state index contributed by atoms with van der Waals surface area (Å²) < 4.78 is 5.62. The Balaban J connectivity index is 1.58. The van der Waals surface area contributed by atoms with Crippen LogP contribution in [0.1, 0.15) is 12.8 Å². The summed E-state index contributed by atoms with van der Waals surface area (Å²) in [4.78, 5) is 23.1. The molecule has 6 nitrogen and oxygen atoms in total. The standard InChI is InChI=1S/C14H16N2O4/c17-12(16-8-14(5-6-14)13(18)19)11-7-15-9-3-1-2-4-10(9)20-11/h1-4,11,15H,5-8H2,(H,16,17)(H,18,19). The Morgan fingerprint density at radius 2 is 2.15 bits per heavy atom. The van der Waals surface area contributed by atoms with Crippen molar-refractivity contribution in [2.75, 3.05) is 18.4 Å². The number of anilines is 1. The molecule has 1 unspecified atom stereocenters. The van der Waals surface area contributed by atoms with Gasteiger partial charge < -0.3 is 20.5 Å². The van der Waals surface area contributed by atoms with Crippen molar-refractivity contribution in [1.82, 2.24) is 5.32 Å². The molecule has 1 amide bonds. The molecule has 1 aromatic rings. The van der Waals surface area contributed by atoms with Gasteiger partial charge in [0.1, 0.15) is 5.75 Å². The van der Waals surface area contributed by atoms with Gasteiger partial charge in [0, 0.05) is 6.54 Å². The molecule has 1 atom stereocenters. The summed E-state index contributed by atoms with van der Waals surface area (Å²) in [5, 5.41) is 14.9. The number of amides is 1. The van der Waals surface area contributed by atoms with Gasteiger partial charge in [-0.05, 0) is 25.0 Å². The topological polar surface area (TPSA) is 87.7 Å². The van der Waals surface area contributed by atoms with Crippen LogP contribution < -0.4 is 15.4 Å². The maximum absolute atomic E-state index is 12.0. The lowest BCUT2D eigenvalue weighted by Crippen LogP contribution is -2.47. The van der Waals surface area contributed by atoms with Crippen LogP contribution in [0.4, 0.5) is 5.69 Å². The molecule has 0 bridgehead atoms. The number of hydrogen-bond acceptors (Lipinski definition) is 4. The predicted molar refractivity (Wildman–Crippen MR) is 71.7 cm³/mol. The van der Waals surface area contributed by atoms with Gasteiger partial charge in [0.25, 0.3) is 5.91 Å². The summed E-state index contributed by atoms with van der Waals surface area (Å²) >= 11 is 0. The van der Waals surface area contributed by atoms with Gasteiger partial charge in [0.15, 0.2) is 6.10 Å². The molecule has 106 valence electrons. The van der Waals surface area contributed by atoms with Gasteiger partial charge in [-0.1, -0.05) is 12.1 Å². The molecule has 1 aliphatic heterocycles. The van der Waals surface area contributed by atoms with E-state index in [2.05, 4.69) is 10.6 Å². The van der Waals surface area contributed by atoms with Gasteiger partial charge in [0.2, 0.25) is 0 Å². The predicted octanol–water partition coefficient (Wildman–Crippen LogP) is 0.840. The summed E-state index contributed by atoms with van der Waals surface area (Å²) in [6.07, 6.45) is 0.610. The van der Waals surface area contributed by atoms with Crippen LogP contribution in [0.5, 0.6) is 5.75 Å². The van der Waals surface area contributed by atoms with Gasteiger partial charge in [-0.3, -0.25) is 9.59 Å². The van der Waals surface area contributed by atoms with Crippen molar-refractivity contribution in [1.29, 1.82) is 0 Å². The fourth-order valence-corrected chi connectivity index (χ4v) is 2.25. The normalized spacial score (nSPS) is 21.9. The highest BCUT2D eigenvalue weighted by molar-refractivity contribution is 5.84. The lowest BCUT2D eigenvalue weighted by atomic mass is 10.1. The van der Waals surface area contributed by atoms with Crippen molar-refractivity contribution >= 4 is 17.6 Å². The van der Waals surface area contributed by atoms with Crippen molar-refractivity contribution in [3.05, 3.63) is 24.3 Å². The average molecular weight is 276 g/mol. The number of carboxylic acid groups (broad SMARTS) is 1. The third-order valence-corrected chi connectivity index (χ3v) is 3.83. The molecule has 0 spiro atoms. The Hall–Kier alpha value is -2.24. The van der Waals surface area contributed by atoms with Crippen molar-refractivity contribution in [3.63, 3.8) is 0 Å². The second kappa shape index (κ2) is 4.70. The van der Waals surface area contributed by atoms with E-state index >= 15 is 0 Å². The first-order chi connectivity index (χ1) is 9.61. The molecular formula is C14H16N2O4. The molecule has 0 aromatic heterocycles. The molecule has 1 aliphatic carbocycles. The van der Waals surface area contributed by atoms with Crippen molar-refractivity contribution in [2.45, 2.75) is 18.9 Å². The van der Waals surface area contributed by atoms with Gasteiger partial charge in [-0.25, -0.2) is 0 Å². The molecule has 1 heterocycles. The molecule has 2 aliphatic rings. The highest BCUT2D eigenvalue weighted by atomic mass is 16.5. The molecular weight excluding hydrogens is 260 g/mol. The van der Waals surface area contributed by atoms with E-state index in [-0.39, 0.29) is 12.5 Å². The molecule has 3 rings (SSSR count). The number of nitrogens with one attached hydrogen (secondary N) is 2. The SMILES string of the molecule is O=C(NCC1(C(=O)O)CC1)C1CNc2ccccc2O1. The van der Waals surface area contributed by atoms with E-state index in [4.69, 9.17) is 9.84 Å². The van der Waals surface area contributed by atoms with Crippen LogP contribution in [0.3, 0.4) is 0 Å². The monoisotopic (exact) mass is 276 g/mol. The summed E-state index contributed by atoms with van der Waals surface area (Å²) in [5.41, 5.74) is 0.108. The smallest absolute Gasteiger partial charge is 0.311 e. The van der Waals surface area contributed by atoms with E-state index in [0.29, 0.717) is 25.1 Å². The summed E-state index contributed by atoms with van der Waals surface area (Å²) in [5.74, 6) is -0.483. The maximum atomic E-state index is 12.0. The van der Waals surface area contributed by atoms with Crippen LogP contribution in [0, 0.1) is 5.41 Å². The molecule has 6 heteroatoms. The molecule has 1 aromatic carbocycles. The lowest BCUT2D eigenvalue weighted by Gasteiger charge is -2.26. The van der Waals surface area contributed by atoms with Crippen molar-refractivity contribution in [2.24, 2.45) is 5.41 Å². The second-order valence-electron chi connectivity index (χ2n) is 5.29. The Morgan fingerprint density at radius 3 is 2.85 bits per heavy atom. The number of para-hydroxylation sites is 2. The molecule has 0 radical (unpaired) electrons. The van der Waals surface area contributed by atoms with Crippen LogP contribution in [0.25, 0.3) is 0 Å². The number of ether oxygens (including phenoxy) is 1. The lowest BCUT2D eigenvalue weighted by molar-refractivity contribution is -0.143. The highest BCUT2D eigenvalue weighted by Crippen LogP contribution is 2.45. The minimum absolute atomic E-state index is 0.169. The zero-order valence-electron chi connectivity index (χ0n) is 10.9. The Kier molecular flexibility index (Phi) is 3.00. The third-order valence-electron chi connectivity index (χ3n) is 3.83. The largest absolute Gasteiger partial charge is 0.481 e. The van der Waals surface area contributed by atoms with E-state index in [1.807, 2.05) is 18.2 Å². The van der Waals surface area contributed by atoms with Crippen molar-refractivity contribution < 1.29 is 19.4 Å². The Morgan fingerprint density at radius 1 is 1.40 bits per heavy atom. The third kappa shape index (κ3) is 2.29. The van der Waals surface area contributed by atoms with E-state index < -0.39 is 17.5 Å². The molecule has 0 saturated heterocycles. The first-order valence-electron chi connectivity index (χ1n) is 6.61. The highest BCUT2D eigenvalue weighted by Gasteiger charge is 2.50. The summed E-state index contributed by atoms with van der Waals surface area (Å²) in [6, 6.07) is 7.40. The van der Waals surface area contributed by atoms with E-state index in [1.165, 1.54) is 0 Å². The molecule has 1 saturated carbocycles. The molecule has 20 heavy (non-hydrogen) atoms. The number of carbonyl (C=O) groups excluding carboxylic acids is 1. The van der Waals surface area contributed by atoms with Crippen LogP contribution in [-0.4, -0.2) is 36.2 Å². The zero-order chi connectivity index (χ0) is 14.2. The number of fused-ring (bicyclic) bond motifs is 1. The van der Waals surface area contributed by atoms with Gasteiger partial charge >= 0.3 is 5.97 Å². The first-order valence-corrected chi connectivity index (χ1v) is 6.61.